The van der Waals surface area contributed by atoms with Gasteiger partial charge in [0.25, 0.3) is 0 Å². The average Bonchev–Trinajstić information content (AvgIpc) is 3.82. The van der Waals surface area contributed by atoms with Gasteiger partial charge in [-0.1, -0.05) is 158 Å². The van der Waals surface area contributed by atoms with Crippen molar-refractivity contribution < 1.29 is 0 Å². The molecule has 0 bridgehead atoms. The summed E-state index contributed by atoms with van der Waals surface area (Å²) >= 11 is 0. The van der Waals surface area contributed by atoms with Gasteiger partial charge in [-0.25, -0.2) is 9.97 Å². The molecule has 270 valence electrons. The van der Waals surface area contributed by atoms with E-state index in [1.807, 2.05) is 12.1 Å². The molecule has 58 heavy (non-hydrogen) atoms. The van der Waals surface area contributed by atoms with Crippen LogP contribution < -0.4 is 0 Å². The lowest BCUT2D eigenvalue weighted by molar-refractivity contribution is 0.995. The lowest BCUT2D eigenvalue weighted by Crippen LogP contribution is -2.03. The summed E-state index contributed by atoms with van der Waals surface area (Å²) in [5.41, 5.74) is 14.4. The fraction of sp³-hybridized carbons (Fsp3) is 0. The zero-order valence-electron chi connectivity index (χ0n) is 31.4. The quantitative estimate of drug-likeness (QED) is 0.159. The summed E-state index contributed by atoms with van der Waals surface area (Å²) < 4.78 is 4.65. The first-order chi connectivity index (χ1) is 28.8. The SMILES string of the molecule is c1ccc(-c2ccc(-n3c4cccc5ccc6c(-c7ccc8c(c7)c7ccccc7n8-c7nc(-c8ccccc8)cc(-c8ccccc8)n7)ccc3c6c54)cc2)cc1. The third kappa shape index (κ3) is 5.02. The zero-order valence-corrected chi connectivity index (χ0v) is 31.4. The topological polar surface area (TPSA) is 35.6 Å². The molecule has 3 aromatic heterocycles. The third-order valence-electron chi connectivity index (χ3n) is 11.7. The highest BCUT2D eigenvalue weighted by molar-refractivity contribution is 6.27. The summed E-state index contributed by atoms with van der Waals surface area (Å²) in [6.45, 7) is 0. The Kier molecular flexibility index (Phi) is 7.20. The van der Waals surface area contributed by atoms with Crippen molar-refractivity contribution in [1.82, 2.24) is 19.1 Å². The van der Waals surface area contributed by atoms with Crippen molar-refractivity contribution in [2.45, 2.75) is 0 Å². The molecular weight excluding hydrogens is 705 g/mol. The van der Waals surface area contributed by atoms with Crippen LogP contribution in [0.5, 0.6) is 0 Å². The number of hydrogen-bond acceptors (Lipinski definition) is 2. The minimum absolute atomic E-state index is 0.649. The molecule has 0 aliphatic rings. The summed E-state index contributed by atoms with van der Waals surface area (Å²) in [4.78, 5) is 10.5. The molecular formula is C54H34N4. The number of rotatable bonds is 6. The molecule has 12 rings (SSSR count). The van der Waals surface area contributed by atoms with Crippen LogP contribution in [0.4, 0.5) is 0 Å². The van der Waals surface area contributed by atoms with Crippen molar-refractivity contribution in [1.29, 1.82) is 0 Å². The molecule has 0 fully saturated rings. The third-order valence-corrected chi connectivity index (χ3v) is 11.7. The van der Waals surface area contributed by atoms with E-state index in [0.29, 0.717) is 5.95 Å². The van der Waals surface area contributed by atoms with Crippen LogP contribution in [0.25, 0.3) is 111 Å². The summed E-state index contributed by atoms with van der Waals surface area (Å²) in [5.74, 6) is 0.649. The highest BCUT2D eigenvalue weighted by atomic mass is 15.2. The maximum Gasteiger partial charge on any atom is 0.235 e. The molecule has 9 aromatic carbocycles. The Morgan fingerprint density at radius 3 is 1.60 bits per heavy atom. The largest absolute Gasteiger partial charge is 0.309 e. The van der Waals surface area contributed by atoms with Crippen LogP contribution in [-0.4, -0.2) is 19.1 Å². The summed E-state index contributed by atoms with van der Waals surface area (Å²) in [7, 11) is 0. The molecule has 0 unspecified atom stereocenters. The van der Waals surface area contributed by atoms with Crippen molar-refractivity contribution >= 4 is 54.4 Å². The van der Waals surface area contributed by atoms with Crippen LogP contribution in [0.2, 0.25) is 0 Å². The first kappa shape index (κ1) is 32.4. The van der Waals surface area contributed by atoms with Gasteiger partial charge in [-0.2, -0.15) is 0 Å². The number of para-hydroxylation sites is 1. The lowest BCUT2D eigenvalue weighted by atomic mass is 9.94. The van der Waals surface area contributed by atoms with Crippen molar-refractivity contribution in [3.05, 3.63) is 206 Å². The monoisotopic (exact) mass is 738 g/mol. The predicted molar refractivity (Wildman–Crippen MR) is 241 cm³/mol. The van der Waals surface area contributed by atoms with Crippen LogP contribution in [-0.2, 0) is 0 Å². The summed E-state index contributed by atoms with van der Waals surface area (Å²) in [6.07, 6.45) is 0. The van der Waals surface area contributed by atoms with Crippen molar-refractivity contribution in [3.63, 3.8) is 0 Å². The predicted octanol–water partition coefficient (Wildman–Crippen LogP) is 13.9. The second-order valence-electron chi connectivity index (χ2n) is 15.0. The zero-order chi connectivity index (χ0) is 38.2. The van der Waals surface area contributed by atoms with Gasteiger partial charge in [-0.05, 0) is 81.6 Å². The number of hydrogen-bond donors (Lipinski definition) is 0. The highest BCUT2D eigenvalue weighted by Gasteiger charge is 2.21. The molecule has 12 aromatic rings. The van der Waals surface area contributed by atoms with E-state index < -0.39 is 0 Å². The van der Waals surface area contributed by atoms with E-state index in [9.17, 15) is 0 Å². The maximum absolute atomic E-state index is 5.24. The Hall–Kier alpha value is -7.82. The smallest absolute Gasteiger partial charge is 0.235 e. The average molecular weight is 739 g/mol. The van der Waals surface area contributed by atoms with Gasteiger partial charge in [0.2, 0.25) is 5.95 Å². The lowest BCUT2D eigenvalue weighted by Gasteiger charge is -2.12. The molecule has 0 saturated carbocycles. The van der Waals surface area contributed by atoms with Crippen LogP contribution in [0.1, 0.15) is 0 Å². The Balaban J connectivity index is 1.04. The summed E-state index contributed by atoms with van der Waals surface area (Å²) in [5, 5.41) is 7.41. The van der Waals surface area contributed by atoms with E-state index >= 15 is 0 Å². The fourth-order valence-corrected chi connectivity index (χ4v) is 9.06. The number of nitrogens with zero attached hydrogens (tertiary/aromatic N) is 4. The fourth-order valence-electron chi connectivity index (χ4n) is 9.06. The molecule has 0 saturated heterocycles. The van der Waals surface area contributed by atoms with E-state index in [4.69, 9.17) is 9.97 Å². The maximum atomic E-state index is 5.24. The molecule has 4 heteroatoms. The van der Waals surface area contributed by atoms with Crippen molar-refractivity contribution in [2.75, 3.05) is 0 Å². The van der Waals surface area contributed by atoms with Crippen LogP contribution in [0.15, 0.2) is 206 Å². The van der Waals surface area contributed by atoms with Crippen LogP contribution >= 0.6 is 0 Å². The van der Waals surface area contributed by atoms with Crippen molar-refractivity contribution in [3.8, 4) is 56.4 Å². The van der Waals surface area contributed by atoms with Gasteiger partial charge < -0.3 is 4.57 Å². The molecule has 0 amide bonds. The van der Waals surface area contributed by atoms with Gasteiger partial charge in [0.05, 0.1) is 33.5 Å². The summed E-state index contributed by atoms with van der Waals surface area (Å²) in [6, 6.07) is 73.7. The molecule has 4 nitrogen and oxygen atoms in total. The van der Waals surface area contributed by atoms with Gasteiger partial charge >= 0.3 is 0 Å². The number of fused-ring (bicyclic) bond motifs is 3. The normalized spacial score (nSPS) is 11.8. The van der Waals surface area contributed by atoms with E-state index in [2.05, 4.69) is 203 Å². The molecule has 3 heterocycles. The van der Waals surface area contributed by atoms with E-state index in [-0.39, 0.29) is 0 Å². The van der Waals surface area contributed by atoms with Gasteiger partial charge in [-0.15, -0.1) is 0 Å². The van der Waals surface area contributed by atoms with E-state index in [1.165, 1.54) is 54.8 Å². The molecule has 0 radical (unpaired) electrons. The van der Waals surface area contributed by atoms with Gasteiger partial charge in [0.1, 0.15) is 0 Å². The Morgan fingerprint density at radius 1 is 0.310 bits per heavy atom. The highest BCUT2D eigenvalue weighted by Crippen LogP contribution is 2.44. The molecule has 0 N–H and O–H groups in total. The van der Waals surface area contributed by atoms with Gasteiger partial charge in [0, 0.05) is 38.4 Å². The molecule has 0 aliphatic carbocycles. The second-order valence-corrected chi connectivity index (χ2v) is 15.0. The first-order valence-electron chi connectivity index (χ1n) is 19.7. The minimum Gasteiger partial charge on any atom is -0.309 e. The molecule has 0 aliphatic heterocycles. The Morgan fingerprint density at radius 2 is 0.879 bits per heavy atom. The molecule has 0 atom stereocenters. The Labute approximate surface area is 334 Å². The van der Waals surface area contributed by atoms with Crippen LogP contribution in [0, 0.1) is 0 Å². The second kappa shape index (κ2) is 12.9. The number of benzene rings is 9. The van der Waals surface area contributed by atoms with Crippen molar-refractivity contribution in [2.24, 2.45) is 0 Å². The van der Waals surface area contributed by atoms with Gasteiger partial charge in [0.15, 0.2) is 0 Å². The Bertz CT molecular complexity index is 3410. The molecule has 0 spiro atoms. The van der Waals surface area contributed by atoms with Crippen LogP contribution in [0.3, 0.4) is 0 Å². The minimum atomic E-state index is 0.649. The van der Waals surface area contributed by atoms with Gasteiger partial charge in [-0.3, -0.25) is 4.57 Å². The standard InChI is InChI=1S/C54H34N4/c1-4-13-35(14-5-1)36-23-27-41(28-24-36)57-50-22-12-19-39-25-29-44-42(30-32-51(57)53(44)52(39)50)40-26-31-49-45(33-40)43-20-10-11-21-48(43)58(49)54-55-46(37-15-6-2-7-16-37)34-47(56-54)38-17-8-3-9-18-38/h1-34H. The van der Waals surface area contributed by atoms with E-state index in [1.54, 1.807) is 0 Å². The number of aromatic nitrogens is 4. The van der Waals surface area contributed by atoms with E-state index in [0.717, 1.165) is 50.0 Å². The first-order valence-corrected chi connectivity index (χ1v) is 19.7.